The predicted molar refractivity (Wildman–Crippen MR) is 128 cm³/mol. The average Bonchev–Trinajstić information content (AvgIpc) is 3.47. The molecule has 1 saturated carbocycles. The summed E-state index contributed by atoms with van der Waals surface area (Å²) in [6.07, 6.45) is 4.78. The lowest BCUT2D eigenvalue weighted by molar-refractivity contribution is 0.0352. The third-order valence-corrected chi connectivity index (χ3v) is 7.68. The van der Waals surface area contributed by atoms with E-state index >= 15 is 4.39 Å². The number of hydrogen-bond donors (Lipinski definition) is 2. The van der Waals surface area contributed by atoms with E-state index in [-0.39, 0.29) is 12.0 Å². The van der Waals surface area contributed by atoms with Crippen LogP contribution in [0.25, 0.3) is 10.9 Å². The Balaban J connectivity index is 1.23. The molecule has 0 amide bonds. The zero-order valence-corrected chi connectivity index (χ0v) is 19.7. The molecule has 3 fully saturated rings. The van der Waals surface area contributed by atoms with Crippen molar-refractivity contribution in [2.75, 3.05) is 31.6 Å². The van der Waals surface area contributed by atoms with E-state index in [1.54, 1.807) is 12.4 Å². The molecule has 2 saturated heterocycles. The number of piperidine rings is 1. The van der Waals surface area contributed by atoms with Gasteiger partial charge in [-0.05, 0) is 56.0 Å². The molecule has 3 aliphatic rings. The van der Waals surface area contributed by atoms with Crippen LogP contribution in [-0.4, -0.2) is 74.4 Å². The molecule has 8 nitrogen and oxygen atoms in total. The van der Waals surface area contributed by atoms with Crippen molar-refractivity contribution in [3.8, 4) is 0 Å². The van der Waals surface area contributed by atoms with Crippen molar-refractivity contribution in [3.63, 3.8) is 0 Å². The molecule has 0 radical (unpaired) electrons. The van der Waals surface area contributed by atoms with E-state index in [1.165, 1.54) is 0 Å². The molecule has 2 N–H and O–H groups in total. The van der Waals surface area contributed by atoms with Gasteiger partial charge in [0.2, 0.25) is 5.95 Å². The van der Waals surface area contributed by atoms with Gasteiger partial charge in [-0.1, -0.05) is 11.6 Å². The number of halogens is 2. The topological polar surface area (TPSA) is 88.3 Å². The minimum absolute atomic E-state index is 0.116. The van der Waals surface area contributed by atoms with Crippen molar-refractivity contribution >= 4 is 34.1 Å². The predicted octanol–water partition coefficient (Wildman–Crippen LogP) is 3.75. The lowest BCUT2D eigenvalue weighted by Crippen LogP contribution is -2.50. The third kappa shape index (κ3) is 4.04. The molecule has 1 aliphatic carbocycles. The Kier molecular flexibility index (Phi) is 5.68. The number of hydrogen-bond acceptors (Lipinski definition) is 7. The normalized spacial score (nSPS) is 28.0. The summed E-state index contributed by atoms with van der Waals surface area (Å²) >= 11 is 6.47. The maximum Gasteiger partial charge on any atom is 0.227 e. The fraction of sp³-hybridized carbons (Fsp3) is 0.542. The summed E-state index contributed by atoms with van der Waals surface area (Å²) in [6.45, 7) is 3.83. The molecule has 4 atom stereocenters. The van der Waals surface area contributed by atoms with Gasteiger partial charge in [-0.25, -0.2) is 19.0 Å². The van der Waals surface area contributed by atoms with Gasteiger partial charge in [-0.3, -0.25) is 4.90 Å². The molecule has 34 heavy (non-hydrogen) atoms. The number of nitrogens with one attached hydrogen (secondary N) is 1. The molecule has 1 aromatic carbocycles. The average molecular weight is 487 g/mol. The molecule has 2 aromatic heterocycles. The first-order valence-corrected chi connectivity index (χ1v) is 12.3. The van der Waals surface area contributed by atoms with Crippen LogP contribution in [0.3, 0.4) is 0 Å². The number of aryl methyl sites for hydroxylation is 1. The van der Waals surface area contributed by atoms with Gasteiger partial charge in [0, 0.05) is 24.0 Å². The van der Waals surface area contributed by atoms with Gasteiger partial charge in [-0.15, -0.1) is 0 Å². The molecule has 3 aromatic rings. The molecule has 0 bridgehead atoms. The van der Waals surface area contributed by atoms with Crippen molar-refractivity contribution in [1.29, 1.82) is 0 Å². The van der Waals surface area contributed by atoms with Crippen LogP contribution in [-0.2, 0) is 4.74 Å². The number of alkyl halides is 1. The van der Waals surface area contributed by atoms with E-state index in [4.69, 9.17) is 21.3 Å². The minimum Gasteiger partial charge on any atom is -0.389 e. The number of likely N-dealkylation sites (tertiary alicyclic amines) is 1. The van der Waals surface area contributed by atoms with Crippen LogP contribution in [0.4, 0.5) is 16.0 Å². The smallest absolute Gasteiger partial charge is 0.227 e. The summed E-state index contributed by atoms with van der Waals surface area (Å²) in [5.74, 6) is 0.221. The highest BCUT2D eigenvalue weighted by Crippen LogP contribution is 2.39. The summed E-state index contributed by atoms with van der Waals surface area (Å²) in [5.41, 5.74) is 3.45. The highest BCUT2D eigenvalue weighted by Gasteiger charge is 2.38. The van der Waals surface area contributed by atoms with Crippen LogP contribution in [0.15, 0.2) is 24.5 Å². The van der Waals surface area contributed by atoms with Crippen molar-refractivity contribution in [2.45, 2.75) is 56.5 Å². The highest BCUT2D eigenvalue weighted by atomic mass is 35.5. The summed E-state index contributed by atoms with van der Waals surface area (Å²) in [5, 5.41) is 19.1. The molecule has 4 heterocycles. The molecule has 2 aliphatic heterocycles. The molecule has 180 valence electrons. The molecule has 6 rings (SSSR count). The lowest BCUT2D eigenvalue weighted by atomic mass is 9.84. The Labute approximate surface area is 202 Å². The number of aliphatic hydroxyl groups is 1. The van der Waals surface area contributed by atoms with Crippen LogP contribution in [0.2, 0.25) is 5.15 Å². The Morgan fingerprint density at radius 1 is 1.21 bits per heavy atom. The lowest BCUT2D eigenvalue weighted by Gasteiger charge is -2.39. The van der Waals surface area contributed by atoms with Crippen molar-refractivity contribution in [1.82, 2.24) is 24.6 Å². The second kappa shape index (κ2) is 8.71. The fourth-order valence-corrected chi connectivity index (χ4v) is 5.53. The van der Waals surface area contributed by atoms with Gasteiger partial charge in [0.15, 0.2) is 5.15 Å². The van der Waals surface area contributed by atoms with Crippen LogP contribution in [0.5, 0.6) is 0 Å². The quantitative estimate of drug-likeness (QED) is 0.567. The summed E-state index contributed by atoms with van der Waals surface area (Å²) in [4.78, 5) is 11.2. The maximum atomic E-state index is 15.4. The van der Waals surface area contributed by atoms with E-state index in [2.05, 4.69) is 15.4 Å². The number of aliphatic hydroxyl groups excluding tert-OH is 1. The molecule has 10 heteroatoms. The van der Waals surface area contributed by atoms with Crippen LogP contribution in [0, 0.1) is 6.92 Å². The zero-order valence-electron chi connectivity index (χ0n) is 19.0. The first kappa shape index (κ1) is 22.2. The molecular weight excluding hydrogens is 459 g/mol. The zero-order chi connectivity index (χ0) is 23.4. The number of aromatic nitrogens is 4. The van der Waals surface area contributed by atoms with Crippen LogP contribution in [0.1, 0.15) is 42.3 Å². The van der Waals surface area contributed by atoms with E-state index in [9.17, 15) is 5.11 Å². The Hall–Kier alpha value is -2.33. The van der Waals surface area contributed by atoms with E-state index in [1.807, 2.05) is 28.6 Å². The van der Waals surface area contributed by atoms with Crippen LogP contribution >= 0.6 is 11.6 Å². The Morgan fingerprint density at radius 2 is 2.06 bits per heavy atom. The number of fused-ring (bicyclic) bond motifs is 1. The minimum atomic E-state index is -1.02. The number of anilines is 2. The maximum absolute atomic E-state index is 15.4. The summed E-state index contributed by atoms with van der Waals surface area (Å²) in [6, 6.07) is 4.29. The molecule has 0 spiro atoms. The van der Waals surface area contributed by atoms with Crippen molar-refractivity contribution in [3.05, 3.63) is 40.8 Å². The van der Waals surface area contributed by atoms with Gasteiger partial charge >= 0.3 is 0 Å². The Bertz CT molecular complexity index is 1220. The highest BCUT2D eigenvalue weighted by molar-refractivity contribution is 6.32. The van der Waals surface area contributed by atoms with Gasteiger partial charge in [0.05, 0.1) is 48.8 Å². The number of nitrogens with zero attached hydrogens (tertiary/aromatic N) is 5. The van der Waals surface area contributed by atoms with Gasteiger partial charge in [0.25, 0.3) is 0 Å². The summed E-state index contributed by atoms with van der Waals surface area (Å²) < 4.78 is 22.6. The number of ether oxygens (including phenoxy) is 1. The number of rotatable bonds is 5. The second-order valence-electron chi connectivity index (χ2n) is 9.69. The van der Waals surface area contributed by atoms with Gasteiger partial charge in [-0.2, -0.15) is 5.10 Å². The third-order valence-electron chi connectivity index (χ3n) is 7.30. The largest absolute Gasteiger partial charge is 0.389 e. The van der Waals surface area contributed by atoms with Crippen molar-refractivity contribution < 1.29 is 14.2 Å². The monoisotopic (exact) mass is 486 g/mol. The second-order valence-corrected chi connectivity index (χ2v) is 10.0. The first-order chi connectivity index (χ1) is 16.5. The van der Waals surface area contributed by atoms with Gasteiger partial charge in [0.1, 0.15) is 6.17 Å². The standard InChI is InChI=1S/C24H28ClFN6O2/c1-13-6-14-8-27-24(30-20-9-28-32(23(20)25)15-2-3-15)29-19(14)7-17(13)16-4-5-31(10-18(16)26)21-11-34-12-22(21)33/h6-9,15-16,18,21-22,33H,2-5,10-12H2,1H3,(H,27,29,30)/t16-,18?,21+,22?/m0/s1. The number of benzene rings is 1. The van der Waals surface area contributed by atoms with Crippen molar-refractivity contribution in [2.24, 2.45) is 0 Å². The van der Waals surface area contributed by atoms with E-state index < -0.39 is 12.3 Å². The SMILES string of the molecule is Cc1cc2cnc(Nc3cnn(C4CC4)c3Cl)nc2cc1[C@@H]1CCN([C@@H]2COCC2O)CC1F. The van der Waals surface area contributed by atoms with Gasteiger partial charge < -0.3 is 15.2 Å². The Morgan fingerprint density at radius 3 is 2.79 bits per heavy atom. The molecule has 2 unspecified atom stereocenters. The summed E-state index contributed by atoms with van der Waals surface area (Å²) in [7, 11) is 0. The van der Waals surface area contributed by atoms with Crippen LogP contribution < -0.4 is 5.32 Å². The van der Waals surface area contributed by atoms with E-state index in [0.29, 0.717) is 49.0 Å². The molecular formula is C24H28ClFN6O2. The van der Waals surface area contributed by atoms with E-state index in [0.717, 1.165) is 41.4 Å². The fourth-order valence-electron chi connectivity index (χ4n) is 5.25. The first-order valence-electron chi connectivity index (χ1n) is 11.9.